The molecular formula is C13H17NO2. The van der Waals surface area contributed by atoms with Gasteiger partial charge in [-0.25, -0.2) is 0 Å². The molecule has 3 heteroatoms. The smallest absolute Gasteiger partial charge is 0.237 e. The van der Waals surface area contributed by atoms with Crippen molar-refractivity contribution in [2.24, 2.45) is 0 Å². The van der Waals surface area contributed by atoms with Crippen molar-refractivity contribution in [1.82, 2.24) is 0 Å². The van der Waals surface area contributed by atoms with Crippen molar-refractivity contribution in [2.75, 3.05) is 11.4 Å². The Balaban J connectivity index is 2.47. The second-order valence-electron chi connectivity index (χ2n) is 4.91. The first kappa shape index (κ1) is 11.1. The maximum atomic E-state index is 12.2. The van der Waals surface area contributed by atoms with E-state index < -0.39 is 11.5 Å². The first-order valence-corrected chi connectivity index (χ1v) is 5.54. The zero-order valence-electron chi connectivity index (χ0n) is 9.90. The minimum absolute atomic E-state index is 0.0644. The lowest BCUT2D eigenvalue weighted by Gasteiger charge is -2.21. The van der Waals surface area contributed by atoms with Gasteiger partial charge in [0.1, 0.15) is 0 Å². The summed E-state index contributed by atoms with van der Waals surface area (Å²) in [6.45, 7) is 5.91. The van der Waals surface area contributed by atoms with E-state index >= 15 is 0 Å². The van der Waals surface area contributed by atoms with Crippen LogP contribution in [-0.4, -0.2) is 23.7 Å². The van der Waals surface area contributed by atoms with Crippen LogP contribution in [0.25, 0.3) is 0 Å². The molecule has 2 rings (SSSR count). The summed E-state index contributed by atoms with van der Waals surface area (Å²) in [4.78, 5) is 13.9. The summed E-state index contributed by atoms with van der Waals surface area (Å²) >= 11 is 0. The maximum Gasteiger partial charge on any atom is 0.237 e. The number of aliphatic hydroxyl groups excluding tert-OH is 1. The molecule has 0 fully saturated rings. The van der Waals surface area contributed by atoms with E-state index in [1.54, 1.807) is 11.8 Å². The first-order chi connectivity index (χ1) is 7.44. The molecule has 1 aromatic carbocycles. The highest BCUT2D eigenvalue weighted by Crippen LogP contribution is 2.41. The van der Waals surface area contributed by atoms with E-state index in [0.717, 1.165) is 11.3 Å². The van der Waals surface area contributed by atoms with Crippen LogP contribution in [0.5, 0.6) is 0 Å². The highest BCUT2D eigenvalue weighted by atomic mass is 16.3. The lowest BCUT2D eigenvalue weighted by molar-refractivity contribution is -0.122. The molecule has 1 aliphatic rings. The maximum absolute atomic E-state index is 12.2. The Hall–Kier alpha value is -1.35. The number of β-amino-alcohol motifs (C(OH)–C–C–N with tert-alkyl or cyclic N) is 1. The molecule has 1 atom stereocenters. The number of aliphatic hydroxyl groups is 1. The number of carbonyl (C=O) groups is 1. The summed E-state index contributed by atoms with van der Waals surface area (Å²) in [7, 11) is 0. The summed E-state index contributed by atoms with van der Waals surface area (Å²) in [5.41, 5.74) is 1.49. The SMILES string of the molecule is CC(O)CN1C(=O)C(C)(C)c2ccccc21. The zero-order valence-corrected chi connectivity index (χ0v) is 9.90. The van der Waals surface area contributed by atoms with Gasteiger partial charge in [0.2, 0.25) is 5.91 Å². The Morgan fingerprint density at radius 2 is 2.00 bits per heavy atom. The number of carbonyl (C=O) groups excluding carboxylic acids is 1. The predicted molar refractivity (Wildman–Crippen MR) is 63.5 cm³/mol. The lowest BCUT2D eigenvalue weighted by Crippen LogP contribution is -2.39. The Kier molecular flexibility index (Phi) is 2.50. The molecule has 1 heterocycles. The van der Waals surface area contributed by atoms with Crippen molar-refractivity contribution < 1.29 is 9.90 Å². The Morgan fingerprint density at radius 1 is 1.38 bits per heavy atom. The van der Waals surface area contributed by atoms with Crippen molar-refractivity contribution >= 4 is 11.6 Å². The zero-order chi connectivity index (χ0) is 11.9. The number of para-hydroxylation sites is 1. The Labute approximate surface area is 95.7 Å². The minimum atomic E-state index is -0.508. The number of hydrogen-bond acceptors (Lipinski definition) is 2. The van der Waals surface area contributed by atoms with Crippen LogP contribution in [0.3, 0.4) is 0 Å². The minimum Gasteiger partial charge on any atom is -0.392 e. The molecule has 1 unspecified atom stereocenters. The molecule has 0 bridgehead atoms. The van der Waals surface area contributed by atoms with Gasteiger partial charge in [-0.1, -0.05) is 18.2 Å². The monoisotopic (exact) mass is 219 g/mol. The highest BCUT2D eigenvalue weighted by molar-refractivity contribution is 6.07. The molecule has 1 amide bonds. The number of rotatable bonds is 2. The molecule has 3 nitrogen and oxygen atoms in total. The third-order valence-corrected chi connectivity index (χ3v) is 3.09. The van der Waals surface area contributed by atoms with Crippen molar-refractivity contribution in [1.29, 1.82) is 0 Å². The summed E-state index contributed by atoms with van der Waals surface area (Å²) in [6, 6.07) is 7.78. The molecule has 86 valence electrons. The molecule has 0 saturated heterocycles. The quantitative estimate of drug-likeness (QED) is 0.822. The fourth-order valence-electron chi connectivity index (χ4n) is 2.25. The Bertz CT molecular complexity index is 424. The summed E-state index contributed by atoms with van der Waals surface area (Å²) in [5.74, 6) is 0.0644. The summed E-state index contributed by atoms with van der Waals surface area (Å²) in [5, 5.41) is 9.43. The largest absolute Gasteiger partial charge is 0.392 e. The molecule has 0 aromatic heterocycles. The third-order valence-electron chi connectivity index (χ3n) is 3.09. The van der Waals surface area contributed by atoms with E-state index in [2.05, 4.69) is 0 Å². The van der Waals surface area contributed by atoms with Gasteiger partial charge in [0.15, 0.2) is 0 Å². The lowest BCUT2D eigenvalue weighted by atomic mass is 9.86. The highest BCUT2D eigenvalue weighted by Gasteiger charge is 2.43. The summed E-state index contributed by atoms with van der Waals surface area (Å²) in [6.07, 6.45) is -0.508. The van der Waals surface area contributed by atoms with E-state index in [9.17, 15) is 9.90 Å². The van der Waals surface area contributed by atoms with Gasteiger partial charge in [-0.15, -0.1) is 0 Å². The second-order valence-corrected chi connectivity index (χ2v) is 4.91. The molecule has 0 aliphatic carbocycles. The average Bonchev–Trinajstić information content (AvgIpc) is 2.41. The van der Waals surface area contributed by atoms with Crippen molar-refractivity contribution in [3.05, 3.63) is 29.8 Å². The number of benzene rings is 1. The van der Waals surface area contributed by atoms with Crippen LogP contribution in [-0.2, 0) is 10.2 Å². The van der Waals surface area contributed by atoms with Gasteiger partial charge in [-0.05, 0) is 32.4 Å². The normalized spacial score (nSPS) is 19.8. The van der Waals surface area contributed by atoms with E-state index in [4.69, 9.17) is 0 Å². The van der Waals surface area contributed by atoms with Crippen LogP contribution in [0.4, 0.5) is 5.69 Å². The number of hydrogen-bond donors (Lipinski definition) is 1. The Morgan fingerprint density at radius 3 is 2.62 bits per heavy atom. The molecule has 1 aliphatic heterocycles. The molecule has 1 aromatic rings. The van der Waals surface area contributed by atoms with Gasteiger partial charge in [0.25, 0.3) is 0 Å². The van der Waals surface area contributed by atoms with Gasteiger partial charge in [-0.3, -0.25) is 4.79 Å². The second kappa shape index (κ2) is 3.59. The van der Waals surface area contributed by atoms with Crippen molar-refractivity contribution in [3.63, 3.8) is 0 Å². The van der Waals surface area contributed by atoms with E-state index in [1.165, 1.54) is 0 Å². The molecule has 1 N–H and O–H groups in total. The van der Waals surface area contributed by atoms with Crippen LogP contribution in [0.2, 0.25) is 0 Å². The molecule has 0 saturated carbocycles. The predicted octanol–water partition coefficient (Wildman–Crippen LogP) is 1.69. The van der Waals surface area contributed by atoms with Gasteiger partial charge in [-0.2, -0.15) is 0 Å². The molecule has 0 spiro atoms. The third kappa shape index (κ3) is 1.52. The number of nitrogens with zero attached hydrogens (tertiary/aromatic N) is 1. The van der Waals surface area contributed by atoms with Crippen LogP contribution >= 0.6 is 0 Å². The van der Waals surface area contributed by atoms with Crippen LogP contribution in [0, 0.1) is 0 Å². The van der Waals surface area contributed by atoms with Gasteiger partial charge in [0, 0.05) is 5.69 Å². The fourth-order valence-corrected chi connectivity index (χ4v) is 2.25. The fraction of sp³-hybridized carbons (Fsp3) is 0.462. The van der Waals surface area contributed by atoms with Crippen LogP contribution in [0.1, 0.15) is 26.3 Å². The molecular weight excluding hydrogens is 202 g/mol. The standard InChI is InChI=1S/C13H17NO2/c1-9(15)8-14-11-7-5-4-6-10(11)13(2,3)12(14)16/h4-7,9,15H,8H2,1-3H3. The van der Waals surface area contributed by atoms with Crippen molar-refractivity contribution in [2.45, 2.75) is 32.3 Å². The van der Waals surface area contributed by atoms with E-state index in [-0.39, 0.29) is 5.91 Å². The van der Waals surface area contributed by atoms with Crippen molar-refractivity contribution in [3.8, 4) is 0 Å². The molecule has 0 radical (unpaired) electrons. The topological polar surface area (TPSA) is 40.5 Å². The molecule has 16 heavy (non-hydrogen) atoms. The van der Waals surface area contributed by atoms with Crippen LogP contribution in [0.15, 0.2) is 24.3 Å². The van der Waals surface area contributed by atoms with Gasteiger partial charge >= 0.3 is 0 Å². The number of anilines is 1. The van der Waals surface area contributed by atoms with Gasteiger partial charge < -0.3 is 10.0 Å². The number of amides is 1. The van der Waals surface area contributed by atoms with Crippen LogP contribution < -0.4 is 4.90 Å². The van der Waals surface area contributed by atoms with E-state index in [1.807, 2.05) is 38.1 Å². The summed E-state index contributed by atoms with van der Waals surface area (Å²) < 4.78 is 0. The number of fused-ring (bicyclic) bond motifs is 1. The van der Waals surface area contributed by atoms with E-state index in [0.29, 0.717) is 6.54 Å². The van der Waals surface area contributed by atoms with Gasteiger partial charge in [0.05, 0.1) is 18.1 Å². The average molecular weight is 219 g/mol. The first-order valence-electron chi connectivity index (χ1n) is 5.54.